The summed E-state index contributed by atoms with van der Waals surface area (Å²) in [5, 5.41) is 3.07. The number of hydrogen-bond donors (Lipinski definition) is 1. The van der Waals surface area contributed by atoms with E-state index < -0.39 is 16.0 Å². The molecule has 2 aromatic rings. The number of hydrogen-bond acceptors (Lipinski definition) is 6. The van der Waals surface area contributed by atoms with Gasteiger partial charge in [0, 0.05) is 0 Å². The van der Waals surface area contributed by atoms with Gasteiger partial charge in [-0.15, -0.1) is 4.40 Å². The van der Waals surface area contributed by atoms with Gasteiger partial charge in [0.05, 0.1) is 11.4 Å². The van der Waals surface area contributed by atoms with Gasteiger partial charge in [-0.2, -0.15) is 8.42 Å². The second kappa shape index (κ2) is 7.06. The molecule has 0 spiro atoms. The Morgan fingerprint density at radius 1 is 1.08 bits per heavy atom. The number of sulfonamides is 1. The molecule has 0 saturated heterocycles. The molecule has 0 bridgehead atoms. The highest BCUT2D eigenvalue weighted by Crippen LogP contribution is 2.28. The number of ether oxygens (including phenoxy) is 1. The average Bonchev–Trinajstić information content (AvgIpc) is 2.58. The van der Waals surface area contributed by atoms with E-state index in [1.54, 1.807) is 18.2 Å². The molecule has 0 aromatic heterocycles. The lowest BCUT2D eigenvalue weighted by Crippen LogP contribution is -2.20. The van der Waals surface area contributed by atoms with Crippen molar-refractivity contribution in [1.82, 2.24) is 0 Å². The summed E-state index contributed by atoms with van der Waals surface area (Å²) in [7, 11) is -3.74. The minimum atomic E-state index is -3.74. The number of carbonyl (C=O) groups is 1. The Hall–Kier alpha value is -2.32. The van der Waals surface area contributed by atoms with Crippen LogP contribution in [0.25, 0.3) is 0 Å². The van der Waals surface area contributed by atoms with Crippen molar-refractivity contribution < 1.29 is 17.9 Å². The first-order chi connectivity index (χ1) is 11.5. The predicted octanol–water partition coefficient (Wildman–Crippen LogP) is 2.63. The monoisotopic (exact) mass is 362 g/mol. The fourth-order valence-corrected chi connectivity index (χ4v) is 4.10. The van der Waals surface area contributed by atoms with E-state index in [1.807, 2.05) is 30.3 Å². The summed E-state index contributed by atoms with van der Waals surface area (Å²) in [5.74, 6) is -0.472. The SMILES string of the molecule is O=C(CSC1=NS(=O)(=O)c2ccccc2N1)OCc1ccccc1. The van der Waals surface area contributed by atoms with Crippen molar-refractivity contribution in [3.8, 4) is 0 Å². The number of benzene rings is 2. The highest BCUT2D eigenvalue weighted by Gasteiger charge is 2.24. The normalized spacial score (nSPS) is 14.9. The quantitative estimate of drug-likeness (QED) is 0.842. The number of amidine groups is 1. The fourth-order valence-electron chi connectivity index (χ4n) is 2.06. The molecule has 0 aliphatic carbocycles. The molecular weight excluding hydrogens is 348 g/mol. The largest absolute Gasteiger partial charge is 0.460 e. The minimum absolute atomic E-state index is 0.0314. The van der Waals surface area contributed by atoms with Crippen LogP contribution in [0, 0.1) is 0 Å². The molecule has 124 valence electrons. The minimum Gasteiger partial charge on any atom is -0.460 e. The molecule has 8 heteroatoms. The van der Waals surface area contributed by atoms with Crippen molar-refractivity contribution >= 4 is 38.6 Å². The van der Waals surface area contributed by atoms with E-state index in [2.05, 4.69) is 9.71 Å². The van der Waals surface area contributed by atoms with Crippen LogP contribution >= 0.6 is 11.8 Å². The van der Waals surface area contributed by atoms with Crippen LogP contribution in [0.5, 0.6) is 0 Å². The molecule has 24 heavy (non-hydrogen) atoms. The molecule has 6 nitrogen and oxygen atoms in total. The third-order valence-electron chi connectivity index (χ3n) is 3.18. The van der Waals surface area contributed by atoms with Gasteiger partial charge in [-0.25, -0.2) is 0 Å². The molecular formula is C16H14N2O4S2. The number of thioether (sulfide) groups is 1. The third kappa shape index (κ3) is 3.95. The summed E-state index contributed by atoms with van der Waals surface area (Å²) in [6, 6.07) is 15.8. The Bertz CT molecular complexity index is 880. The number of rotatable bonds is 4. The lowest BCUT2D eigenvalue weighted by atomic mass is 10.2. The van der Waals surface area contributed by atoms with E-state index in [-0.39, 0.29) is 22.4 Å². The Labute approximate surface area is 144 Å². The predicted molar refractivity (Wildman–Crippen MR) is 93.4 cm³/mol. The number of para-hydroxylation sites is 1. The molecule has 1 N–H and O–H groups in total. The first kappa shape index (κ1) is 16.5. The second-order valence-electron chi connectivity index (χ2n) is 4.93. The highest BCUT2D eigenvalue weighted by molar-refractivity contribution is 8.15. The van der Waals surface area contributed by atoms with E-state index >= 15 is 0 Å². The van der Waals surface area contributed by atoms with Crippen LogP contribution in [0.3, 0.4) is 0 Å². The van der Waals surface area contributed by atoms with Gasteiger partial charge in [0.25, 0.3) is 10.0 Å². The van der Waals surface area contributed by atoms with Crippen LogP contribution in [0.2, 0.25) is 0 Å². The van der Waals surface area contributed by atoms with Crippen LogP contribution < -0.4 is 5.32 Å². The Morgan fingerprint density at radius 2 is 1.79 bits per heavy atom. The van der Waals surface area contributed by atoms with Crippen LogP contribution in [-0.2, 0) is 26.2 Å². The second-order valence-corrected chi connectivity index (χ2v) is 7.46. The zero-order chi connectivity index (χ0) is 17.0. The molecule has 3 rings (SSSR count). The summed E-state index contributed by atoms with van der Waals surface area (Å²) in [4.78, 5) is 11.9. The van der Waals surface area contributed by atoms with Crippen LogP contribution in [0.15, 0.2) is 63.9 Å². The van der Waals surface area contributed by atoms with Gasteiger partial charge in [0.15, 0.2) is 5.17 Å². The van der Waals surface area contributed by atoms with Gasteiger partial charge in [-0.1, -0.05) is 54.2 Å². The van der Waals surface area contributed by atoms with Crippen molar-refractivity contribution in [2.45, 2.75) is 11.5 Å². The first-order valence-electron chi connectivity index (χ1n) is 7.08. The maximum Gasteiger partial charge on any atom is 0.316 e. The van der Waals surface area contributed by atoms with Crippen molar-refractivity contribution in [2.75, 3.05) is 11.1 Å². The van der Waals surface area contributed by atoms with E-state index in [1.165, 1.54) is 6.07 Å². The Balaban J connectivity index is 1.57. The standard InChI is InChI=1S/C16H14N2O4S2/c19-15(22-10-12-6-2-1-3-7-12)11-23-16-17-13-8-4-5-9-14(13)24(20,21)18-16/h1-9H,10-11H2,(H,17,18). The van der Waals surface area contributed by atoms with Crippen molar-refractivity contribution in [2.24, 2.45) is 4.40 Å². The molecule has 2 aromatic carbocycles. The van der Waals surface area contributed by atoms with Gasteiger partial charge in [0.2, 0.25) is 0 Å². The maximum absolute atomic E-state index is 12.1. The number of nitrogens with one attached hydrogen (secondary N) is 1. The molecule has 1 aliphatic heterocycles. The highest BCUT2D eigenvalue weighted by atomic mass is 32.2. The molecule has 0 saturated carbocycles. The molecule has 0 amide bonds. The lowest BCUT2D eigenvalue weighted by molar-refractivity contribution is -0.141. The van der Waals surface area contributed by atoms with Crippen molar-refractivity contribution in [1.29, 1.82) is 0 Å². The van der Waals surface area contributed by atoms with Gasteiger partial charge < -0.3 is 10.1 Å². The van der Waals surface area contributed by atoms with E-state index in [9.17, 15) is 13.2 Å². The smallest absolute Gasteiger partial charge is 0.316 e. The van der Waals surface area contributed by atoms with E-state index in [0.29, 0.717) is 5.69 Å². The third-order valence-corrected chi connectivity index (χ3v) is 5.48. The Kier molecular flexibility index (Phi) is 4.86. The summed E-state index contributed by atoms with van der Waals surface area (Å²) < 4.78 is 33.0. The summed E-state index contributed by atoms with van der Waals surface area (Å²) in [6.45, 7) is 0.182. The molecule has 1 aliphatic rings. The van der Waals surface area contributed by atoms with E-state index in [4.69, 9.17) is 4.74 Å². The maximum atomic E-state index is 12.1. The topological polar surface area (TPSA) is 84.8 Å². The Morgan fingerprint density at radius 3 is 2.58 bits per heavy atom. The zero-order valence-electron chi connectivity index (χ0n) is 12.5. The lowest BCUT2D eigenvalue weighted by Gasteiger charge is -2.17. The molecule has 1 heterocycles. The first-order valence-corrected chi connectivity index (χ1v) is 9.50. The fraction of sp³-hybridized carbons (Fsp3) is 0.125. The van der Waals surface area contributed by atoms with Gasteiger partial charge in [-0.05, 0) is 17.7 Å². The van der Waals surface area contributed by atoms with Crippen LogP contribution in [0.4, 0.5) is 5.69 Å². The van der Waals surface area contributed by atoms with Gasteiger partial charge in [0.1, 0.15) is 11.5 Å². The number of anilines is 1. The van der Waals surface area contributed by atoms with E-state index in [0.717, 1.165) is 17.3 Å². The van der Waals surface area contributed by atoms with Gasteiger partial charge >= 0.3 is 5.97 Å². The number of fused-ring (bicyclic) bond motifs is 1. The average molecular weight is 362 g/mol. The summed E-state index contributed by atoms with van der Waals surface area (Å²) in [6.07, 6.45) is 0. The number of nitrogens with zero attached hydrogens (tertiary/aromatic N) is 1. The molecule has 0 unspecified atom stereocenters. The molecule has 0 atom stereocenters. The van der Waals surface area contributed by atoms with Gasteiger partial charge in [-0.3, -0.25) is 4.79 Å². The summed E-state index contributed by atoms with van der Waals surface area (Å²) >= 11 is 0.992. The number of carbonyl (C=O) groups excluding carboxylic acids is 1. The molecule has 0 fully saturated rings. The zero-order valence-corrected chi connectivity index (χ0v) is 14.1. The number of esters is 1. The van der Waals surface area contributed by atoms with Crippen molar-refractivity contribution in [3.63, 3.8) is 0 Å². The van der Waals surface area contributed by atoms with Crippen molar-refractivity contribution in [3.05, 3.63) is 60.2 Å². The molecule has 0 radical (unpaired) electrons. The van der Waals surface area contributed by atoms with Crippen LogP contribution in [-0.4, -0.2) is 25.3 Å². The summed E-state index contributed by atoms with van der Waals surface area (Å²) in [5.41, 5.74) is 1.34. The van der Waals surface area contributed by atoms with Crippen LogP contribution in [0.1, 0.15) is 5.56 Å².